The lowest BCUT2D eigenvalue weighted by molar-refractivity contribution is 0.482. The average Bonchev–Trinajstić information content (AvgIpc) is 2.39. The van der Waals surface area contributed by atoms with Crippen LogP contribution in [0.25, 0.3) is 0 Å². The third-order valence-electron chi connectivity index (χ3n) is 2.74. The molecular formula is C15H15BrClNO. The Hall–Kier alpha value is -1.19. The van der Waals surface area contributed by atoms with Gasteiger partial charge in [-0.15, -0.1) is 0 Å². The first-order valence-electron chi connectivity index (χ1n) is 5.90. The van der Waals surface area contributed by atoms with Crippen LogP contribution in [0, 0.1) is 0 Å². The molecule has 0 heterocycles. The predicted octanol–water partition coefficient (Wildman–Crippen LogP) is 5.09. The van der Waals surface area contributed by atoms with Crippen LogP contribution in [0.5, 0.6) is 11.5 Å². The summed E-state index contributed by atoms with van der Waals surface area (Å²) in [5, 5.41) is 1.44. The van der Waals surface area contributed by atoms with E-state index in [2.05, 4.69) is 15.9 Å². The van der Waals surface area contributed by atoms with Crippen molar-refractivity contribution in [3.8, 4) is 11.5 Å². The largest absolute Gasteiger partial charge is 0.457 e. The van der Waals surface area contributed by atoms with E-state index in [4.69, 9.17) is 16.3 Å². The molecule has 2 aromatic rings. The van der Waals surface area contributed by atoms with E-state index < -0.39 is 0 Å². The molecule has 0 aliphatic heterocycles. The lowest BCUT2D eigenvalue weighted by Crippen LogP contribution is -2.08. The van der Waals surface area contributed by atoms with Gasteiger partial charge in [-0.3, -0.25) is 0 Å². The van der Waals surface area contributed by atoms with Gasteiger partial charge in [0.25, 0.3) is 0 Å². The minimum atomic E-state index is 0.707. The standard InChI is InChI=1S/C15H15BrClNO/c1-18(2)12-4-3-5-13(8-12)19-14-7-6-11(10-16)15(17)9-14/h3-9H,10H2,1-2H3. The van der Waals surface area contributed by atoms with Gasteiger partial charge in [-0.25, -0.2) is 0 Å². The minimum absolute atomic E-state index is 0.707. The van der Waals surface area contributed by atoms with Gasteiger partial charge in [0.2, 0.25) is 0 Å². The Balaban J connectivity index is 2.21. The summed E-state index contributed by atoms with van der Waals surface area (Å²) in [5.74, 6) is 1.54. The number of ether oxygens (including phenoxy) is 1. The summed E-state index contributed by atoms with van der Waals surface area (Å²) in [5.41, 5.74) is 2.15. The molecule has 0 amide bonds. The second kappa shape index (κ2) is 6.31. The Bertz CT molecular complexity index is 572. The van der Waals surface area contributed by atoms with E-state index in [1.807, 2.05) is 61.5 Å². The minimum Gasteiger partial charge on any atom is -0.457 e. The molecule has 0 atom stereocenters. The van der Waals surface area contributed by atoms with E-state index in [0.717, 1.165) is 28.1 Å². The SMILES string of the molecule is CN(C)c1cccc(Oc2ccc(CBr)c(Cl)c2)c1. The van der Waals surface area contributed by atoms with Crippen molar-refractivity contribution in [1.82, 2.24) is 0 Å². The van der Waals surface area contributed by atoms with E-state index in [1.54, 1.807) is 0 Å². The predicted molar refractivity (Wildman–Crippen MR) is 84.9 cm³/mol. The molecule has 0 fully saturated rings. The molecule has 0 unspecified atom stereocenters. The molecular weight excluding hydrogens is 326 g/mol. The Labute approximate surface area is 127 Å². The Morgan fingerprint density at radius 3 is 2.47 bits per heavy atom. The summed E-state index contributed by atoms with van der Waals surface area (Å²) >= 11 is 9.55. The van der Waals surface area contributed by atoms with Gasteiger partial charge >= 0.3 is 0 Å². The van der Waals surface area contributed by atoms with Crippen molar-refractivity contribution in [1.29, 1.82) is 0 Å². The van der Waals surface area contributed by atoms with E-state index in [0.29, 0.717) is 5.02 Å². The topological polar surface area (TPSA) is 12.5 Å². The van der Waals surface area contributed by atoms with Crippen LogP contribution in [0.3, 0.4) is 0 Å². The highest BCUT2D eigenvalue weighted by atomic mass is 79.9. The molecule has 0 saturated heterocycles. The number of halogens is 2. The fourth-order valence-corrected chi connectivity index (χ4v) is 2.55. The van der Waals surface area contributed by atoms with Crippen LogP contribution in [0.15, 0.2) is 42.5 Å². The van der Waals surface area contributed by atoms with Crippen molar-refractivity contribution >= 4 is 33.2 Å². The van der Waals surface area contributed by atoms with E-state index >= 15 is 0 Å². The van der Waals surface area contributed by atoms with Gasteiger partial charge in [0.1, 0.15) is 11.5 Å². The number of anilines is 1. The molecule has 0 aliphatic rings. The van der Waals surface area contributed by atoms with Gasteiger partial charge in [0.05, 0.1) is 0 Å². The van der Waals surface area contributed by atoms with E-state index in [9.17, 15) is 0 Å². The zero-order chi connectivity index (χ0) is 13.8. The second-order valence-electron chi connectivity index (χ2n) is 4.38. The van der Waals surface area contributed by atoms with E-state index in [1.165, 1.54) is 0 Å². The van der Waals surface area contributed by atoms with Crippen LogP contribution >= 0.6 is 27.5 Å². The Morgan fingerprint density at radius 2 is 1.84 bits per heavy atom. The number of rotatable bonds is 4. The molecule has 19 heavy (non-hydrogen) atoms. The molecule has 0 aliphatic carbocycles. The molecule has 100 valence electrons. The van der Waals surface area contributed by atoms with Crippen LogP contribution in [0.2, 0.25) is 5.02 Å². The molecule has 2 rings (SSSR count). The summed E-state index contributed by atoms with van der Waals surface area (Å²) < 4.78 is 5.82. The highest BCUT2D eigenvalue weighted by molar-refractivity contribution is 9.08. The van der Waals surface area contributed by atoms with Gasteiger partial charge < -0.3 is 9.64 Å². The van der Waals surface area contributed by atoms with Crippen LogP contribution in [0.4, 0.5) is 5.69 Å². The maximum absolute atomic E-state index is 6.16. The molecule has 0 spiro atoms. The van der Waals surface area contributed by atoms with Gasteiger partial charge in [0, 0.05) is 36.2 Å². The van der Waals surface area contributed by atoms with Crippen LogP contribution in [-0.2, 0) is 5.33 Å². The first-order chi connectivity index (χ1) is 9.10. The van der Waals surface area contributed by atoms with Crippen molar-refractivity contribution in [2.75, 3.05) is 19.0 Å². The molecule has 0 saturated carbocycles. The van der Waals surface area contributed by atoms with Crippen molar-refractivity contribution in [3.63, 3.8) is 0 Å². The van der Waals surface area contributed by atoms with Crippen LogP contribution in [-0.4, -0.2) is 14.1 Å². The highest BCUT2D eigenvalue weighted by Crippen LogP contribution is 2.29. The first-order valence-corrected chi connectivity index (χ1v) is 7.39. The summed E-state index contributed by atoms with van der Waals surface area (Å²) in [6.45, 7) is 0. The summed E-state index contributed by atoms with van der Waals surface area (Å²) in [4.78, 5) is 2.04. The molecule has 0 aromatic heterocycles. The van der Waals surface area contributed by atoms with Gasteiger partial charge in [-0.1, -0.05) is 39.7 Å². The third-order valence-corrected chi connectivity index (χ3v) is 3.69. The normalized spacial score (nSPS) is 10.3. The Kier molecular flexibility index (Phi) is 4.72. The van der Waals surface area contributed by atoms with Crippen molar-refractivity contribution < 1.29 is 4.74 Å². The fraction of sp³-hybridized carbons (Fsp3) is 0.200. The monoisotopic (exact) mass is 339 g/mol. The summed E-state index contributed by atoms with van der Waals surface area (Å²) in [6.07, 6.45) is 0. The lowest BCUT2D eigenvalue weighted by atomic mass is 10.2. The van der Waals surface area contributed by atoms with Crippen LogP contribution in [0.1, 0.15) is 5.56 Å². The van der Waals surface area contributed by atoms with Crippen LogP contribution < -0.4 is 9.64 Å². The van der Waals surface area contributed by atoms with Crippen molar-refractivity contribution in [3.05, 3.63) is 53.1 Å². The molecule has 0 bridgehead atoms. The van der Waals surface area contributed by atoms with Gasteiger partial charge in [-0.2, -0.15) is 0 Å². The maximum Gasteiger partial charge on any atom is 0.129 e. The van der Waals surface area contributed by atoms with Crippen molar-refractivity contribution in [2.24, 2.45) is 0 Å². The second-order valence-corrected chi connectivity index (χ2v) is 5.35. The van der Waals surface area contributed by atoms with E-state index in [-0.39, 0.29) is 0 Å². The van der Waals surface area contributed by atoms with Gasteiger partial charge in [-0.05, 0) is 29.8 Å². The lowest BCUT2D eigenvalue weighted by Gasteiger charge is -2.14. The highest BCUT2D eigenvalue weighted by Gasteiger charge is 2.04. The zero-order valence-corrected chi connectivity index (χ0v) is 13.2. The Morgan fingerprint density at radius 1 is 1.11 bits per heavy atom. The first kappa shape index (κ1) is 14.2. The number of nitrogens with zero attached hydrogens (tertiary/aromatic N) is 1. The van der Waals surface area contributed by atoms with Crippen molar-refractivity contribution in [2.45, 2.75) is 5.33 Å². The smallest absolute Gasteiger partial charge is 0.129 e. The average molecular weight is 341 g/mol. The molecule has 2 aromatic carbocycles. The zero-order valence-electron chi connectivity index (χ0n) is 10.9. The quantitative estimate of drug-likeness (QED) is 0.719. The number of hydrogen-bond acceptors (Lipinski definition) is 2. The maximum atomic E-state index is 6.16. The third kappa shape index (κ3) is 3.64. The molecule has 0 radical (unpaired) electrons. The summed E-state index contributed by atoms with van der Waals surface area (Å²) in [7, 11) is 4.00. The van der Waals surface area contributed by atoms with Gasteiger partial charge in [0.15, 0.2) is 0 Å². The fourth-order valence-electron chi connectivity index (χ4n) is 1.66. The summed E-state index contributed by atoms with van der Waals surface area (Å²) in [6, 6.07) is 13.6. The number of benzene rings is 2. The molecule has 0 N–H and O–H groups in total. The molecule has 4 heteroatoms. The number of hydrogen-bond donors (Lipinski definition) is 0. The molecule has 2 nitrogen and oxygen atoms in total. The number of alkyl halides is 1.